The normalized spacial score (nSPS) is 26.3. The van der Waals surface area contributed by atoms with Crippen LogP contribution in [0, 0.1) is 5.92 Å². The Balaban J connectivity index is 1.29. The monoisotopic (exact) mass is 403 g/mol. The van der Waals surface area contributed by atoms with E-state index in [2.05, 4.69) is 28.7 Å². The second kappa shape index (κ2) is 8.74. The van der Waals surface area contributed by atoms with E-state index < -0.39 is 0 Å². The third-order valence-corrected chi connectivity index (χ3v) is 6.93. The largest absolute Gasteiger partial charge is 0.375 e. The average molecular weight is 404 g/mol. The molecule has 1 amide bonds. The van der Waals surface area contributed by atoms with Crippen molar-refractivity contribution in [2.75, 3.05) is 52.4 Å². The lowest BCUT2D eigenvalue weighted by molar-refractivity contribution is -0.132. The molecule has 1 aromatic rings. The van der Waals surface area contributed by atoms with Crippen LogP contribution >= 0.6 is 0 Å². The first-order valence-electron chi connectivity index (χ1n) is 11.3. The Bertz CT molecular complexity index is 687. The molecular weight excluding hydrogens is 366 g/mol. The molecule has 3 fully saturated rings. The standard InChI is InChI=1S/C22H37N5O2/c1-18(2)16-25-9-11-26(12-10-25)20-4-13-29-22(14-20)5-7-27(8-6-22)21(28)19-15-23-24(3)17-19/h15,17-18,20H,4-14,16H2,1-3H3/t20-/m0/s1. The van der Waals surface area contributed by atoms with Gasteiger partial charge in [0.2, 0.25) is 0 Å². The third kappa shape index (κ3) is 4.84. The molecule has 162 valence electrons. The van der Waals surface area contributed by atoms with E-state index in [0.29, 0.717) is 11.6 Å². The van der Waals surface area contributed by atoms with Crippen molar-refractivity contribution in [3.63, 3.8) is 0 Å². The van der Waals surface area contributed by atoms with Gasteiger partial charge in [-0.15, -0.1) is 0 Å². The van der Waals surface area contributed by atoms with Crippen LogP contribution < -0.4 is 0 Å². The Labute approximate surface area is 175 Å². The van der Waals surface area contributed by atoms with Crippen molar-refractivity contribution in [3.05, 3.63) is 18.0 Å². The minimum atomic E-state index is -0.0380. The van der Waals surface area contributed by atoms with E-state index in [1.807, 2.05) is 11.9 Å². The van der Waals surface area contributed by atoms with Crippen molar-refractivity contribution in [3.8, 4) is 0 Å². The zero-order chi connectivity index (χ0) is 20.4. The number of carbonyl (C=O) groups is 1. The van der Waals surface area contributed by atoms with Gasteiger partial charge in [-0.25, -0.2) is 0 Å². The lowest BCUT2D eigenvalue weighted by atomic mass is 9.81. The molecule has 0 aromatic carbocycles. The van der Waals surface area contributed by atoms with E-state index in [4.69, 9.17) is 4.74 Å². The molecule has 4 heterocycles. The van der Waals surface area contributed by atoms with E-state index in [1.54, 1.807) is 17.1 Å². The van der Waals surface area contributed by atoms with Gasteiger partial charge in [-0.3, -0.25) is 14.4 Å². The number of carbonyl (C=O) groups excluding carboxylic acids is 1. The summed E-state index contributed by atoms with van der Waals surface area (Å²) >= 11 is 0. The molecule has 29 heavy (non-hydrogen) atoms. The third-order valence-electron chi connectivity index (χ3n) is 6.93. The number of nitrogens with zero attached hydrogens (tertiary/aromatic N) is 5. The molecule has 0 aliphatic carbocycles. The van der Waals surface area contributed by atoms with Gasteiger partial charge in [-0.05, 0) is 31.6 Å². The average Bonchev–Trinajstić information content (AvgIpc) is 3.15. The molecule has 1 atom stereocenters. The Morgan fingerprint density at radius 2 is 1.93 bits per heavy atom. The summed E-state index contributed by atoms with van der Waals surface area (Å²) in [5.74, 6) is 0.842. The van der Waals surface area contributed by atoms with Gasteiger partial charge in [-0.1, -0.05) is 13.8 Å². The van der Waals surface area contributed by atoms with Crippen LogP contribution in [0.5, 0.6) is 0 Å². The predicted molar refractivity (Wildman–Crippen MR) is 113 cm³/mol. The topological polar surface area (TPSA) is 53.8 Å². The molecule has 4 rings (SSSR count). The molecule has 7 nitrogen and oxygen atoms in total. The summed E-state index contributed by atoms with van der Waals surface area (Å²) in [7, 11) is 1.85. The summed E-state index contributed by atoms with van der Waals surface area (Å²) in [4.78, 5) is 20.0. The fourth-order valence-electron chi connectivity index (χ4n) is 5.32. The van der Waals surface area contributed by atoms with Crippen molar-refractivity contribution in [2.24, 2.45) is 13.0 Å². The van der Waals surface area contributed by atoms with Crippen molar-refractivity contribution >= 4 is 5.91 Å². The predicted octanol–water partition coefficient (Wildman–Crippen LogP) is 1.85. The van der Waals surface area contributed by atoms with Gasteiger partial charge < -0.3 is 14.5 Å². The lowest BCUT2D eigenvalue weighted by Gasteiger charge is -2.49. The first-order chi connectivity index (χ1) is 13.9. The Morgan fingerprint density at radius 3 is 2.55 bits per heavy atom. The molecule has 0 bridgehead atoms. The van der Waals surface area contributed by atoms with Crippen LogP contribution in [0.4, 0.5) is 0 Å². The van der Waals surface area contributed by atoms with Gasteiger partial charge in [0.05, 0.1) is 17.4 Å². The molecule has 3 aliphatic rings. The maximum atomic E-state index is 12.7. The van der Waals surface area contributed by atoms with Gasteiger partial charge >= 0.3 is 0 Å². The highest BCUT2D eigenvalue weighted by molar-refractivity contribution is 5.93. The quantitative estimate of drug-likeness (QED) is 0.768. The smallest absolute Gasteiger partial charge is 0.257 e. The summed E-state index contributed by atoms with van der Waals surface area (Å²) in [5.41, 5.74) is 0.647. The summed E-state index contributed by atoms with van der Waals surface area (Å²) in [6, 6.07) is 0.630. The lowest BCUT2D eigenvalue weighted by Crippen LogP contribution is -2.57. The van der Waals surface area contributed by atoms with Gasteiger partial charge in [-0.2, -0.15) is 5.10 Å². The van der Waals surface area contributed by atoms with Crippen molar-refractivity contribution < 1.29 is 9.53 Å². The van der Waals surface area contributed by atoms with Crippen molar-refractivity contribution in [2.45, 2.75) is 51.2 Å². The molecule has 1 spiro atoms. The van der Waals surface area contributed by atoms with Crippen LogP contribution in [0.15, 0.2) is 12.4 Å². The number of ether oxygens (including phenoxy) is 1. The van der Waals surface area contributed by atoms with Crippen molar-refractivity contribution in [1.29, 1.82) is 0 Å². The number of rotatable bonds is 4. The molecule has 0 N–H and O–H groups in total. The molecule has 7 heteroatoms. The van der Waals surface area contributed by atoms with Gasteiger partial charge in [0.25, 0.3) is 5.91 Å². The summed E-state index contributed by atoms with van der Waals surface area (Å²) in [5, 5.41) is 4.13. The maximum Gasteiger partial charge on any atom is 0.257 e. The van der Waals surface area contributed by atoms with E-state index in [-0.39, 0.29) is 11.5 Å². The molecule has 3 aliphatic heterocycles. The number of piperidine rings is 1. The zero-order valence-electron chi connectivity index (χ0n) is 18.3. The number of hydrogen-bond donors (Lipinski definition) is 0. The van der Waals surface area contributed by atoms with Gasteiger partial charge in [0.15, 0.2) is 0 Å². The van der Waals surface area contributed by atoms with Crippen molar-refractivity contribution in [1.82, 2.24) is 24.5 Å². The van der Waals surface area contributed by atoms with Crippen LogP contribution in [0.3, 0.4) is 0 Å². The van der Waals surface area contributed by atoms with Gasteiger partial charge in [0.1, 0.15) is 0 Å². The molecule has 0 unspecified atom stereocenters. The van der Waals surface area contributed by atoms with E-state index in [9.17, 15) is 4.79 Å². The number of hydrogen-bond acceptors (Lipinski definition) is 5. The van der Waals surface area contributed by atoms with Gasteiger partial charge in [0, 0.05) is 71.7 Å². The highest BCUT2D eigenvalue weighted by Crippen LogP contribution is 2.37. The Kier molecular flexibility index (Phi) is 6.27. The Hall–Kier alpha value is -1.44. The molecule has 1 aromatic heterocycles. The van der Waals surface area contributed by atoms with Crippen LogP contribution in [-0.4, -0.2) is 94.5 Å². The highest BCUT2D eigenvalue weighted by Gasteiger charge is 2.43. The van der Waals surface area contributed by atoms with E-state index in [1.165, 1.54) is 32.7 Å². The SMILES string of the molecule is CC(C)CN1CCN([C@H]2CCOC3(CCN(C(=O)c4cnn(C)c4)CC3)C2)CC1. The fraction of sp³-hybridized carbons (Fsp3) is 0.818. The maximum absolute atomic E-state index is 12.7. The molecule has 3 saturated heterocycles. The summed E-state index contributed by atoms with van der Waals surface area (Å²) in [6.45, 7) is 13.0. The number of likely N-dealkylation sites (tertiary alicyclic amines) is 1. The summed E-state index contributed by atoms with van der Waals surface area (Å²) < 4.78 is 8.04. The number of aromatic nitrogens is 2. The number of amides is 1. The second-order valence-corrected chi connectivity index (χ2v) is 9.60. The molecule has 0 radical (unpaired) electrons. The number of piperazine rings is 1. The second-order valence-electron chi connectivity index (χ2n) is 9.60. The fourth-order valence-corrected chi connectivity index (χ4v) is 5.32. The first-order valence-corrected chi connectivity index (χ1v) is 11.3. The molecule has 0 saturated carbocycles. The van der Waals surface area contributed by atoms with E-state index in [0.717, 1.165) is 51.3 Å². The first kappa shape index (κ1) is 20.8. The van der Waals surface area contributed by atoms with E-state index >= 15 is 0 Å². The highest BCUT2D eigenvalue weighted by atomic mass is 16.5. The molecular formula is C22H37N5O2. The summed E-state index contributed by atoms with van der Waals surface area (Å²) in [6.07, 6.45) is 7.62. The Morgan fingerprint density at radius 1 is 1.21 bits per heavy atom. The van der Waals surface area contributed by atoms with Crippen LogP contribution in [0.1, 0.15) is 49.9 Å². The zero-order valence-corrected chi connectivity index (χ0v) is 18.3. The minimum Gasteiger partial charge on any atom is -0.375 e. The van der Waals surface area contributed by atoms with Crippen LogP contribution in [-0.2, 0) is 11.8 Å². The van der Waals surface area contributed by atoms with Crippen LogP contribution in [0.2, 0.25) is 0 Å². The minimum absolute atomic E-state index is 0.0380. The number of aryl methyl sites for hydroxylation is 1. The van der Waals surface area contributed by atoms with Crippen LogP contribution in [0.25, 0.3) is 0 Å².